The predicted molar refractivity (Wildman–Crippen MR) is 102 cm³/mol. The lowest BCUT2D eigenvalue weighted by Gasteiger charge is -2.60. The SMILES string of the molecule is CC1(C2C[C@H]3O[C@]34C3CC=C5C[C@@H](O)CC[C@]5(C)C3C[C@@H](O)[C@]24C)OCCO1. The zero-order valence-corrected chi connectivity index (χ0v) is 17.3. The van der Waals surface area contributed by atoms with Gasteiger partial charge in [-0.1, -0.05) is 25.5 Å². The van der Waals surface area contributed by atoms with Crippen LogP contribution in [0.25, 0.3) is 0 Å². The molecule has 0 aromatic rings. The van der Waals surface area contributed by atoms with Gasteiger partial charge in [-0.25, -0.2) is 0 Å². The van der Waals surface area contributed by atoms with Gasteiger partial charge in [-0.3, -0.25) is 0 Å². The number of aliphatic hydroxyl groups is 2. The van der Waals surface area contributed by atoms with Crippen molar-refractivity contribution in [1.82, 2.24) is 0 Å². The van der Waals surface area contributed by atoms with Crippen LogP contribution < -0.4 is 0 Å². The first-order valence-corrected chi connectivity index (χ1v) is 11.3. The minimum Gasteiger partial charge on any atom is -0.393 e. The van der Waals surface area contributed by atoms with Crippen LogP contribution in [0.5, 0.6) is 0 Å². The van der Waals surface area contributed by atoms with Gasteiger partial charge in [0, 0.05) is 11.3 Å². The molecular formula is C23H34O5. The van der Waals surface area contributed by atoms with E-state index in [1.54, 1.807) is 0 Å². The highest BCUT2D eigenvalue weighted by Crippen LogP contribution is 2.77. The first-order valence-electron chi connectivity index (χ1n) is 11.3. The summed E-state index contributed by atoms with van der Waals surface area (Å²) in [5.41, 5.74) is 0.909. The van der Waals surface area contributed by atoms with Gasteiger partial charge in [0.15, 0.2) is 5.79 Å². The van der Waals surface area contributed by atoms with E-state index in [-0.39, 0.29) is 34.6 Å². The van der Waals surface area contributed by atoms with Crippen LogP contribution in [-0.2, 0) is 14.2 Å². The van der Waals surface area contributed by atoms with Crippen molar-refractivity contribution in [3.63, 3.8) is 0 Å². The average Bonchev–Trinajstić information content (AvgIpc) is 3.09. The van der Waals surface area contributed by atoms with E-state index < -0.39 is 11.9 Å². The molecule has 2 heterocycles. The Bertz CT molecular complexity index is 729. The van der Waals surface area contributed by atoms with E-state index in [0.717, 1.165) is 38.5 Å². The van der Waals surface area contributed by atoms with Gasteiger partial charge in [-0.05, 0) is 62.7 Å². The first kappa shape index (κ1) is 18.3. The molecule has 3 saturated carbocycles. The monoisotopic (exact) mass is 390 g/mol. The quantitative estimate of drug-likeness (QED) is 0.532. The van der Waals surface area contributed by atoms with Crippen molar-refractivity contribution in [2.75, 3.05) is 13.2 Å². The van der Waals surface area contributed by atoms with Gasteiger partial charge in [0.2, 0.25) is 0 Å². The molecular weight excluding hydrogens is 356 g/mol. The lowest BCUT2D eigenvalue weighted by Crippen LogP contribution is -2.64. The summed E-state index contributed by atoms with van der Waals surface area (Å²) >= 11 is 0. The van der Waals surface area contributed by atoms with Crippen LogP contribution in [-0.4, -0.2) is 53.1 Å². The maximum atomic E-state index is 11.6. The summed E-state index contributed by atoms with van der Waals surface area (Å²) in [5, 5.41) is 21.8. The topological polar surface area (TPSA) is 71.5 Å². The van der Waals surface area contributed by atoms with E-state index in [2.05, 4.69) is 26.8 Å². The van der Waals surface area contributed by atoms with Crippen molar-refractivity contribution in [3.8, 4) is 0 Å². The molecule has 0 amide bonds. The minimum absolute atomic E-state index is 0.0814. The number of rotatable bonds is 1. The molecule has 3 unspecified atom stereocenters. The number of aliphatic hydroxyl groups excluding tert-OH is 2. The Labute approximate surface area is 167 Å². The molecule has 0 aromatic heterocycles. The second-order valence-corrected chi connectivity index (χ2v) is 10.9. The summed E-state index contributed by atoms with van der Waals surface area (Å²) in [6.45, 7) is 7.96. The van der Waals surface area contributed by atoms with Gasteiger partial charge in [0.05, 0.1) is 31.5 Å². The third-order valence-electron chi connectivity index (χ3n) is 10.1. The number of fused-ring (bicyclic) bond motifs is 3. The summed E-state index contributed by atoms with van der Waals surface area (Å²) in [4.78, 5) is 0. The Morgan fingerprint density at radius 1 is 1.04 bits per heavy atom. The minimum atomic E-state index is -0.610. The fraction of sp³-hybridized carbons (Fsp3) is 0.913. The zero-order valence-electron chi connectivity index (χ0n) is 17.3. The van der Waals surface area contributed by atoms with Crippen molar-refractivity contribution < 1.29 is 24.4 Å². The van der Waals surface area contributed by atoms with E-state index in [0.29, 0.717) is 25.0 Å². The highest BCUT2D eigenvalue weighted by Gasteiger charge is 2.84. The first-order chi connectivity index (χ1) is 13.3. The van der Waals surface area contributed by atoms with Crippen LogP contribution in [0.15, 0.2) is 11.6 Å². The molecule has 6 rings (SSSR count). The van der Waals surface area contributed by atoms with E-state index in [4.69, 9.17) is 14.2 Å². The maximum absolute atomic E-state index is 11.6. The molecule has 156 valence electrons. The number of epoxide rings is 1. The highest BCUT2D eigenvalue weighted by atomic mass is 16.7. The van der Waals surface area contributed by atoms with E-state index in [1.807, 2.05) is 0 Å². The van der Waals surface area contributed by atoms with Crippen molar-refractivity contribution in [2.45, 2.75) is 89.0 Å². The maximum Gasteiger partial charge on any atom is 0.169 e. The van der Waals surface area contributed by atoms with Crippen LogP contribution in [0.1, 0.15) is 59.3 Å². The summed E-state index contributed by atoms with van der Waals surface area (Å²) in [6.07, 6.45) is 7.41. The predicted octanol–water partition coefficient (Wildman–Crippen LogP) is 2.79. The number of ether oxygens (including phenoxy) is 3. The molecule has 2 saturated heterocycles. The fourth-order valence-corrected chi connectivity index (χ4v) is 8.56. The summed E-state index contributed by atoms with van der Waals surface area (Å²) in [6, 6.07) is 0. The van der Waals surface area contributed by atoms with Gasteiger partial charge in [0.1, 0.15) is 5.60 Å². The molecule has 0 radical (unpaired) electrons. The van der Waals surface area contributed by atoms with Crippen molar-refractivity contribution >= 4 is 0 Å². The molecule has 4 aliphatic carbocycles. The van der Waals surface area contributed by atoms with Gasteiger partial charge < -0.3 is 24.4 Å². The Balaban J connectivity index is 1.41. The fourth-order valence-electron chi connectivity index (χ4n) is 8.56. The lowest BCUT2D eigenvalue weighted by molar-refractivity contribution is -0.252. The lowest BCUT2D eigenvalue weighted by atomic mass is 9.45. The molecule has 9 atom stereocenters. The van der Waals surface area contributed by atoms with Gasteiger partial charge in [-0.15, -0.1) is 0 Å². The normalized spacial score (nSPS) is 59.0. The molecule has 1 spiro atoms. The summed E-state index contributed by atoms with van der Waals surface area (Å²) in [5.74, 6) is 0.402. The largest absolute Gasteiger partial charge is 0.393 e. The molecule has 5 nitrogen and oxygen atoms in total. The van der Waals surface area contributed by atoms with Crippen LogP contribution in [0.3, 0.4) is 0 Å². The Hall–Kier alpha value is -0.460. The van der Waals surface area contributed by atoms with Crippen molar-refractivity contribution in [1.29, 1.82) is 0 Å². The zero-order chi connectivity index (χ0) is 19.5. The van der Waals surface area contributed by atoms with E-state index >= 15 is 0 Å². The van der Waals surface area contributed by atoms with Crippen LogP contribution in [0, 0.1) is 28.6 Å². The van der Waals surface area contributed by atoms with Gasteiger partial charge in [-0.2, -0.15) is 0 Å². The third kappa shape index (κ3) is 1.92. The van der Waals surface area contributed by atoms with Crippen LogP contribution in [0.4, 0.5) is 0 Å². The van der Waals surface area contributed by atoms with Crippen molar-refractivity contribution in [2.24, 2.45) is 28.6 Å². The molecule has 5 fully saturated rings. The second kappa shape index (κ2) is 5.42. The summed E-state index contributed by atoms with van der Waals surface area (Å²) in [7, 11) is 0. The Kier molecular flexibility index (Phi) is 3.54. The molecule has 5 heteroatoms. The molecule has 0 bridgehead atoms. The van der Waals surface area contributed by atoms with Gasteiger partial charge >= 0.3 is 0 Å². The number of hydrogen-bond acceptors (Lipinski definition) is 5. The summed E-state index contributed by atoms with van der Waals surface area (Å²) < 4.78 is 18.7. The van der Waals surface area contributed by atoms with Crippen molar-refractivity contribution in [3.05, 3.63) is 11.6 Å². The number of hydrogen-bond donors (Lipinski definition) is 2. The second-order valence-electron chi connectivity index (χ2n) is 10.9. The number of allylic oxidation sites excluding steroid dienone is 1. The molecule has 2 aliphatic heterocycles. The van der Waals surface area contributed by atoms with E-state index in [1.165, 1.54) is 5.57 Å². The molecule has 2 N–H and O–H groups in total. The molecule has 28 heavy (non-hydrogen) atoms. The molecule has 0 aromatic carbocycles. The Morgan fingerprint density at radius 2 is 1.79 bits per heavy atom. The standard InChI is InChI=1S/C23H34O5/c1-20-7-6-14(24)10-13(20)4-5-15-16(20)11-18(25)21(2)17(12-19-23(15,21)28-19)22(3)26-8-9-27-22/h4,14-19,24-25H,5-12H2,1-3H3/t14-,15?,16?,17?,18+,19+,20-,21-,23+/m0/s1. The third-order valence-corrected chi connectivity index (χ3v) is 10.1. The highest BCUT2D eigenvalue weighted by molar-refractivity contribution is 5.35. The van der Waals surface area contributed by atoms with Gasteiger partial charge in [0.25, 0.3) is 0 Å². The van der Waals surface area contributed by atoms with E-state index in [9.17, 15) is 10.2 Å². The van der Waals surface area contributed by atoms with Crippen LogP contribution in [0.2, 0.25) is 0 Å². The van der Waals surface area contributed by atoms with Crippen LogP contribution >= 0.6 is 0 Å². The molecule has 6 aliphatic rings. The average molecular weight is 391 g/mol. The smallest absolute Gasteiger partial charge is 0.169 e. The Morgan fingerprint density at radius 3 is 2.54 bits per heavy atom.